The van der Waals surface area contributed by atoms with E-state index in [1.807, 2.05) is 0 Å². The van der Waals surface area contributed by atoms with Gasteiger partial charge in [0.05, 0.1) is 0 Å². The van der Waals surface area contributed by atoms with Crippen molar-refractivity contribution in [2.24, 2.45) is 0 Å². The van der Waals surface area contributed by atoms with Crippen LogP contribution >= 0.6 is 22.6 Å². The normalized spacial score (nSPS) is 10.2. The molecule has 2 rings (SSSR count). The zero-order valence-electron chi connectivity index (χ0n) is 6.44. The van der Waals surface area contributed by atoms with Crippen molar-refractivity contribution in [2.75, 3.05) is 5.73 Å². The summed E-state index contributed by atoms with van der Waals surface area (Å²) in [5.74, 6) is 0.937. The maximum Gasteiger partial charge on any atom is 0.202 e. The first-order chi connectivity index (χ1) is 6.29. The lowest BCUT2D eigenvalue weighted by Gasteiger charge is -1.91. The van der Waals surface area contributed by atoms with E-state index >= 15 is 0 Å². The zero-order valence-corrected chi connectivity index (χ0v) is 8.59. The molecule has 2 aromatic heterocycles. The molecule has 2 N–H and O–H groups in total. The molecular formula is C7H5IN4O. The van der Waals surface area contributed by atoms with Gasteiger partial charge in [0.1, 0.15) is 9.26 Å². The molecule has 0 aliphatic heterocycles. The van der Waals surface area contributed by atoms with Crippen LogP contribution in [0.3, 0.4) is 0 Å². The maximum absolute atomic E-state index is 5.52. The fourth-order valence-corrected chi connectivity index (χ4v) is 1.35. The Balaban J connectivity index is 2.53. The lowest BCUT2D eigenvalue weighted by Crippen LogP contribution is -1.88. The van der Waals surface area contributed by atoms with Crippen LogP contribution in [0.1, 0.15) is 0 Å². The van der Waals surface area contributed by atoms with Crippen LogP contribution in [0.15, 0.2) is 22.9 Å². The summed E-state index contributed by atoms with van der Waals surface area (Å²) in [6.07, 6.45) is 1.59. The van der Waals surface area contributed by atoms with E-state index in [9.17, 15) is 0 Å². The molecule has 0 unspecified atom stereocenters. The van der Waals surface area contributed by atoms with E-state index in [0.29, 0.717) is 17.3 Å². The van der Waals surface area contributed by atoms with Crippen molar-refractivity contribution in [3.8, 4) is 11.5 Å². The second kappa shape index (κ2) is 3.29. The Labute approximate surface area is 87.5 Å². The third-order valence-electron chi connectivity index (χ3n) is 1.46. The Morgan fingerprint density at radius 3 is 2.85 bits per heavy atom. The smallest absolute Gasteiger partial charge is 0.202 e. The summed E-state index contributed by atoms with van der Waals surface area (Å²) >= 11 is 2.05. The number of nitrogens with two attached hydrogens (primary N) is 1. The van der Waals surface area contributed by atoms with E-state index in [-0.39, 0.29) is 0 Å². The topological polar surface area (TPSA) is 77.8 Å². The minimum Gasteiger partial charge on any atom is -0.380 e. The van der Waals surface area contributed by atoms with Crippen LogP contribution in [0.2, 0.25) is 0 Å². The van der Waals surface area contributed by atoms with Gasteiger partial charge >= 0.3 is 0 Å². The van der Waals surface area contributed by atoms with Crippen LogP contribution in [0.5, 0.6) is 0 Å². The summed E-state index contributed by atoms with van der Waals surface area (Å²) in [6.45, 7) is 0. The quantitative estimate of drug-likeness (QED) is 0.801. The Bertz CT molecular complexity index is 414. The Hall–Kier alpha value is -1.18. The van der Waals surface area contributed by atoms with Gasteiger partial charge < -0.3 is 10.3 Å². The minimum atomic E-state index is 0.376. The van der Waals surface area contributed by atoms with Crippen LogP contribution in [0.25, 0.3) is 11.5 Å². The number of aromatic nitrogens is 3. The van der Waals surface area contributed by atoms with Crippen molar-refractivity contribution < 1.29 is 4.52 Å². The molecule has 0 saturated heterocycles. The summed E-state index contributed by atoms with van der Waals surface area (Å²) in [6, 6.07) is 3.56. The molecule has 0 aromatic carbocycles. The van der Waals surface area contributed by atoms with Crippen LogP contribution in [0, 0.1) is 3.57 Å². The molecule has 2 heterocycles. The van der Waals surface area contributed by atoms with Crippen LogP contribution in [-0.4, -0.2) is 15.4 Å². The lowest BCUT2D eigenvalue weighted by molar-refractivity contribution is 0.433. The van der Waals surface area contributed by atoms with Crippen LogP contribution in [-0.2, 0) is 0 Å². The highest BCUT2D eigenvalue weighted by Crippen LogP contribution is 2.26. The number of hydrogen-bond acceptors (Lipinski definition) is 5. The molecule has 66 valence electrons. The monoisotopic (exact) mass is 288 g/mol. The van der Waals surface area contributed by atoms with E-state index in [1.165, 1.54) is 0 Å². The standard InChI is InChI=1S/C7H5IN4O/c8-5-6(13-12-7(5)9)4-2-1-3-10-11-4/h1-3H,(H2,9,12). The zero-order chi connectivity index (χ0) is 9.26. The second-order valence-corrected chi connectivity index (χ2v) is 3.40. The number of nitrogens with zero attached hydrogens (tertiary/aromatic N) is 3. The molecule has 5 nitrogen and oxygen atoms in total. The van der Waals surface area contributed by atoms with Gasteiger partial charge in [0.2, 0.25) is 5.76 Å². The summed E-state index contributed by atoms with van der Waals surface area (Å²) in [5, 5.41) is 11.2. The third-order valence-corrected chi connectivity index (χ3v) is 2.51. The van der Waals surface area contributed by atoms with Gasteiger partial charge in [-0.05, 0) is 34.7 Å². The molecule has 0 saturated carbocycles. The van der Waals surface area contributed by atoms with E-state index < -0.39 is 0 Å². The van der Waals surface area contributed by atoms with Gasteiger partial charge in [0.15, 0.2) is 5.82 Å². The summed E-state index contributed by atoms with van der Waals surface area (Å²) in [5.41, 5.74) is 6.15. The van der Waals surface area contributed by atoms with E-state index in [0.717, 1.165) is 3.57 Å². The minimum absolute atomic E-state index is 0.376. The molecule has 0 spiro atoms. The van der Waals surface area contributed by atoms with Gasteiger partial charge in [-0.3, -0.25) is 0 Å². The van der Waals surface area contributed by atoms with Crippen molar-refractivity contribution in [2.45, 2.75) is 0 Å². The molecule has 0 aliphatic rings. The molecular weight excluding hydrogens is 283 g/mol. The van der Waals surface area contributed by atoms with Gasteiger partial charge in [-0.25, -0.2) is 0 Å². The molecule has 13 heavy (non-hydrogen) atoms. The molecule has 0 atom stereocenters. The fourth-order valence-electron chi connectivity index (χ4n) is 0.873. The molecule has 0 radical (unpaired) electrons. The van der Waals surface area contributed by atoms with Gasteiger partial charge in [0.25, 0.3) is 0 Å². The van der Waals surface area contributed by atoms with Crippen molar-refractivity contribution >= 4 is 28.4 Å². The van der Waals surface area contributed by atoms with Gasteiger partial charge in [-0.1, -0.05) is 5.16 Å². The molecule has 0 fully saturated rings. The lowest BCUT2D eigenvalue weighted by atomic mass is 10.3. The number of hydrogen-bond donors (Lipinski definition) is 1. The summed E-state index contributed by atoms with van der Waals surface area (Å²) in [7, 11) is 0. The highest BCUT2D eigenvalue weighted by Gasteiger charge is 2.13. The molecule has 6 heteroatoms. The predicted octanol–water partition coefficient (Wildman–Crippen LogP) is 1.32. The molecule has 2 aromatic rings. The number of anilines is 1. The molecule has 0 bridgehead atoms. The second-order valence-electron chi connectivity index (χ2n) is 2.32. The van der Waals surface area contributed by atoms with Crippen molar-refractivity contribution in [1.82, 2.24) is 15.4 Å². The highest BCUT2D eigenvalue weighted by molar-refractivity contribution is 14.1. The average Bonchev–Trinajstić information content (AvgIpc) is 2.49. The number of halogens is 1. The highest BCUT2D eigenvalue weighted by atomic mass is 127. The summed E-state index contributed by atoms with van der Waals surface area (Å²) in [4.78, 5) is 0. The maximum atomic E-state index is 5.52. The predicted molar refractivity (Wildman–Crippen MR) is 54.7 cm³/mol. The first kappa shape index (κ1) is 8.42. The van der Waals surface area contributed by atoms with Crippen molar-refractivity contribution in [3.05, 3.63) is 21.9 Å². The number of rotatable bonds is 1. The van der Waals surface area contributed by atoms with Gasteiger partial charge in [-0.15, -0.1) is 5.10 Å². The first-order valence-electron chi connectivity index (χ1n) is 3.48. The Morgan fingerprint density at radius 2 is 2.31 bits per heavy atom. The van der Waals surface area contributed by atoms with Crippen LogP contribution < -0.4 is 5.73 Å². The average molecular weight is 288 g/mol. The van der Waals surface area contributed by atoms with Crippen LogP contribution in [0.4, 0.5) is 5.82 Å². The van der Waals surface area contributed by atoms with E-state index in [4.69, 9.17) is 10.3 Å². The van der Waals surface area contributed by atoms with Crippen molar-refractivity contribution in [3.63, 3.8) is 0 Å². The number of nitrogen functional groups attached to an aromatic ring is 1. The van der Waals surface area contributed by atoms with Crippen molar-refractivity contribution in [1.29, 1.82) is 0 Å². The SMILES string of the molecule is Nc1noc(-c2cccnn2)c1I. The first-order valence-corrected chi connectivity index (χ1v) is 4.55. The van der Waals surface area contributed by atoms with Gasteiger partial charge in [0, 0.05) is 6.20 Å². The third kappa shape index (κ3) is 1.48. The van der Waals surface area contributed by atoms with Gasteiger partial charge in [-0.2, -0.15) is 5.10 Å². The largest absolute Gasteiger partial charge is 0.380 e. The Morgan fingerprint density at radius 1 is 1.46 bits per heavy atom. The van der Waals surface area contributed by atoms with E-state index in [1.54, 1.807) is 18.3 Å². The molecule has 0 aliphatic carbocycles. The summed E-state index contributed by atoms with van der Waals surface area (Å²) < 4.78 is 5.76. The molecule has 0 amide bonds. The Kier molecular flexibility index (Phi) is 2.13. The fraction of sp³-hybridized carbons (Fsp3) is 0. The van der Waals surface area contributed by atoms with E-state index in [2.05, 4.69) is 37.9 Å².